The Bertz CT molecular complexity index is 1400. The zero-order valence-electron chi connectivity index (χ0n) is 31.9. The third kappa shape index (κ3) is 5.63. The molecule has 7 rings (SSSR count). The zero-order chi connectivity index (χ0) is 37.8. The quantitative estimate of drug-likeness (QED) is 0.189. The fourth-order valence-electron chi connectivity index (χ4n) is 13.2. The molecule has 7 aliphatic rings. The lowest BCUT2D eigenvalue weighted by Gasteiger charge is -2.72. The Balaban J connectivity index is 1.14. The van der Waals surface area contributed by atoms with Gasteiger partial charge in [0.15, 0.2) is 12.6 Å². The number of carbonyl (C=O) groups is 1. The van der Waals surface area contributed by atoms with Crippen LogP contribution in [0.5, 0.6) is 0 Å². The summed E-state index contributed by atoms with van der Waals surface area (Å²) in [5, 5.41) is 72.6. The van der Waals surface area contributed by atoms with E-state index in [0.717, 1.165) is 64.2 Å². The van der Waals surface area contributed by atoms with Crippen molar-refractivity contribution in [2.75, 3.05) is 19.8 Å². The minimum absolute atomic E-state index is 0.000841. The number of aliphatic carboxylic acids is 1. The summed E-state index contributed by atoms with van der Waals surface area (Å²) in [6.45, 7) is 13.5. The van der Waals surface area contributed by atoms with Crippen molar-refractivity contribution in [1.29, 1.82) is 0 Å². The minimum Gasteiger partial charge on any atom is -0.481 e. The van der Waals surface area contributed by atoms with Gasteiger partial charge in [-0.2, -0.15) is 0 Å². The van der Waals surface area contributed by atoms with Gasteiger partial charge in [0, 0.05) is 5.41 Å². The lowest BCUT2D eigenvalue weighted by atomic mass is 9.33. The molecule has 0 unspecified atom stereocenters. The van der Waals surface area contributed by atoms with E-state index >= 15 is 0 Å². The molecule has 0 aromatic heterocycles. The van der Waals surface area contributed by atoms with Crippen LogP contribution in [-0.2, 0) is 23.7 Å². The Kier molecular flexibility index (Phi) is 9.92. The second kappa shape index (κ2) is 13.2. The van der Waals surface area contributed by atoms with Gasteiger partial charge in [0.05, 0.1) is 31.3 Å². The van der Waals surface area contributed by atoms with Crippen molar-refractivity contribution in [3.63, 3.8) is 0 Å². The molecule has 4 saturated carbocycles. The molecule has 6 fully saturated rings. The van der Waals surface area contributed by atoms with E-state index < -0.39 is 67.2 Å². The summed E-state index contributed by atoms with van der Waals surface area (Å²) in [5.74, 6) is 0.0930. The summed E-state index contributed by atoms with van der Waals surface area (Å²) in [6, 6.07) is 0. The number of aliphatic hydroxyl groups excluding tert-OH is 6. The molecular weight excluding hydrogens is 672 g/mol. The van der Waals surface area contributed by atoms with Crippen molar-refractivity contribution >= 4 is 5.97 Å². The van der Waals surface area contributed by atoms with Gasteiger partial charge in [-0.15, -0.1) is 0 Å². The van der Waals surface area contributed by atoms with E-state index in [-0.39, 0.29) is 51.6 Å². The molecule has 2 aliphatic heterocycles. The first-order valence-corrected chi connectivity index (χ1v) is 19.8. The van der Waals surface area contributed by atoms with Crippen LogP contribution in [0.25, 0.3) is 0 Å². The van der Waals surface area contributed by atoms with E-state index in [0.29, 0.717) is 12.5 Å². The second-order valence-corrected chi connectivity index (χ2v) is 19.6. The van der Waals surface area contributed by atoms with Gasteiger partial charge in [0.2, 0.25) is 0 Å². The average molecular weight is 737 g/mol. The van der Waals surface area contributed by atoms with Crippen LogP contribution in [0, 0.1) is 50.2 Å². The highest BCUT2D eigenvalue weighted by molar-refractivity contribution is 5.76. The van der Waals surface area contributed by atoms with Crippen LogP contribution in [0.3, 0.4) is 0 Å². The second-order valence-electron chi connectivity index (χ2n) is 19.6. The van der Waals surface area contributed by atoms with Crippen molar-refractivity contribution in [2.45, 2.75) is 161 Å². The summed E-state index contributed by atoms with van der Waals surface area (Å²) < 4.78 is 24.5. The maximum Gasteiger partial charge on any atom is 0.310 e. The monoisotopic (exact) mass is 736 g/mol. The number of fused-ring (bicyclic) bond motifs is 9. The summed E-state index contributed by atoms with van der Waals surface area (Å²) >= 11 is 0. The number of ether oxygens (including phenoxy) is 4. The third-order valence-electron chi connectivity index (χ3n) is 16.6. The lowest BCUT2D eigenvalue weighted by molar-refractivity contribution is -0.369. The molecule has 0 bridgehead atoms. The van der Waals surface area contributed by atoms with Crippen molar-refractivity contribution in [3.8, 4) is 0 Å². The largest absolute Gasteiger partial charge is 0.481 e. The summed E-state index contributed by atoms with van der Waals surface area (Å²) in [7, 11) is 0. The molecule has 7 N–H and O–H groups in total. The summed E-state index contributed by atoms with van der Waals surface area (Å²) in [6.07, 6.45) is -0.722. The van der Waals surface area contributed by atoms with E-state index in [1.807, 2.05) is 0 Å². The van der Waals surface area contributed by atoms with Gasteiger partial charge in [-0.3, -0.25) is 4.79 Å². The Morgan fingerprint density at radius 1 is 0.904 bits per heavy atom. The minimum atomic E-state index is -1.67. The molecule has 12 nitrogen and oxygen atoms in total. The van der Waals surface area contributed by atoms with Gasteiger partial charge in [-0.05, 0) is 104 Å². The number of carboxylic acids is 1. The van der Waals surface area contributed by atoms with Gasteiger partial charge < -0.3 is 54.7 Å². The van der Waals surface area contributed by atoms with E-state index in [1.165, 1.54) is 5.57 Å². The normalized spacial score (nSPS) is 51.6. The highest BCUT2D eigenvalue weighted by Crippen LogP contribution is 2.76. The number of rotatable bonds is 7. The van der Waals surface area contributed by atoms with Crippen molar-refractivity contribution in [3.05, 3.63) is 11.6 Å². The van der Waals surface area contributed by atoms with Gasteiger partial charge in [0.25, 0.3) is 0 Å². The van der Waals surface area contributed by atoms with Gasteiger partial charge in [0.1, 0.15) is 36.6 Å². The standard InChI is InChI=1S/C40H64O12/c1-35(2)13-15-40(34(47)48)16-14-38(5)21(22(40)17-35)7-8-26-36(3)11-10-27-37(4,25(36)9-12-39(26,38)6)20-50-33(51-27)31(29(45)23(42)18-41)52-32-30(46)28(44)24(43)19-49-32/h7,22-33,41-46H,8-20H2,1-6H3,(H,47,48)/t22-,23-,24-,25+,26+,27-,28-,29-,30+,31+,32-,33+,36-,37-,38+,39+,40-/m0/s1. The molecule has 2 heterocycles. The molecule has 0 aromatic rings. The Hall–Kier alpha value is -1.19. The fourth-order valence-corrected chi connectivity index (χ4v) is 13.2. The number of hydrogen-bond donors (Lipinski definition) is 7. The number of hydrogen-bond acceptors (Lipinski definition) is 11. The van der Waals surface area contributed by atoms with Crippen LogP contribution in [0.4, 0.5) is 0 Å². The SMILES string of the molecule is CC1(C)CC[C@]2(C(=O)O)CC[C@]3(C)C(=CC[C@@H]4[C@@]5(C)CC[C@@H]6O[C@H]([C@H](O[C@@H]7OC[C@H](O)[C@H](O)[C@H]7O)[C@@H](O)[C@@H](O)CO)OC[C@@]6(C)[C@@H]5CC[C@]43C)[C@@H]2C1. The first kappa shape index (κ1) is 39.1. The third-order valence-corrected chi connectivity index (χ3v) is 16.6. The van der Waals surface area contributed by atoms with Crippen molar-refractivity contribution < 1.29 is 59.5 Å². The Morgan fingerprint density at radius 2 is 1.62 bits per heavy atom. The van der Waals surface area contributed by atoms with Crippen molar-refractivity contribution in [1.82, 2.24) is 0 Å². The topological polar surface area (TPSA) is 196 Å². The van der Waals surface area contributed by atoms with Crippen LogP contribution in [0.15, 0.2) is 11.6 Å². The molecule has 0 radical (unpaired) electrons. The van der Waals surface area contributed by atoms with Gasteiger partial charge in [-0.1, -0.05) is 53.2 Å². The first-order valence-electron chi connectivity index (χ1n) is 19.8. The number of aliphatic hydroxyl groups is 6. The van der Waals surface area contributed by atoms with Crippen molar-refractivity contribution in [2.24, 2.45) is 50.2 Å². The molecule has 296 valence electrons. The highest BCUT2D eigenvalue weighted by Gasteiger charge is 2.70. The predicted molar refractivity (Wildman–Crippen MR) is 187 cm³/mol. The maximum atomic E-state index is 13.0. The van der Waals surface area contributed by atoms with Crippen LogP contribution in [0.1, 0.15) is 106 Å². The van der Waals surface area contributed by atoms with Crippen LogP contribution < -0.4 is 0 Å². The molecule has 12 heteroatoms. The highest BCUT2D eigenvalue weighted by atomic mass is 16.7. The molecule has 0 amide bonds. The molecule has 2 saturated heterocycles. The van der Waals surface area contributed by atoms with E-state index in [9.17, 15) is 40.5 Å². The van der Waals surface area contributed by atoms with Gasteiger partial charge >= 0.3 is 5.97 Å². The van der Waals surface area contributed by atoms with Crippen LogP contribution in [0.2, 0.25) is 0 Å². The summed E-state index contributed by atoms with van der Waals surface area (Å²) in [4.78, 5) is 13.0. The van der Waals surface area contributed by atoms with Crippen LogP contribution >= 0.6 is 0 Å². The van der Waals surface area contributed by atoms with E-state index in [4.69, 9.17) is 18.9 Å². The smallest absolute Gasteiger partial charge is 0.310 e. The fraction of sp³-hybridized carbons (Fsp3) is 0.925. The number of allylic oxidation sites excluding steroid dienone is 2. The molecular formula is C40H64O12. The van der Waals surface area contributed by atoms with Crippen LogP contribution in [-0.4, -0.2) is 117 Å². The summed E-state index contributed by atoms with van der Waals surface area (Å²) in [5.41, 5.74) is 0.348. The molecule has 5 aliphatic carbocycles. The molecule has 52 heavy (non-hydrogen) atoms. The zero-order valence-corrected chi connectivity index (χ0v) is 31.9. The Labute approximate surface area is 307 Å². The molecule has 0 aromatic carbocycles. The van der Waals surface area contributed by atoms with Gasteiger partial charge in [-0.25, -0.2) is 0 Å². The molecule has 0 spiro atoms. The Morgan fingerprint density at radius 3 is 2.31 bits per heavy atom. The molecule has 17 atom stereocenters. The number of carboxylic acid groups (broad SMARTS) is 1. The lowest BCUT2D eigenvalue weighted by Crippen LogP contribution is -2.68. The first-order chi connectivity index (χ1) is 24.3. The van der Waals surface area contributed by atoms with E-state index in [1.54, 1.807) is 0 Å². The maximum absolute atomic E-state index is 13.0. The predicted octanol–water partition coefficient (Wildman–Crippen LogP) is 3.13. The van der Waals surface area contributed by atoms with E-state index in [2.05, 4.69) is 47.6 Å². The average Bonchev–Trinajstić information content (AvgIpc) is 3.09.